The number of nitrogens with one attached hydrogen (secondary N) is 2. The summed E-state index contributed by atoms with van der Waals surface area (Å²) >= 11 is 1.24. The lowest BCUT2D eigenvalue weighted by atomic mass is 10.1. The molecule has 6 N–H and O–H groups in total. The van der Waals surface area contributed by atoms with E-state index in [9.17, 15) is 33.5 Å². The molecule has 2 aromatic carbocycles. The number of aromatic nitrogens is 2. The van der Waals surface area contributed by atoms with E-state index in [4.69, 9.17) is 0 Å². The second kappa shape index (κ2) is 9.36. The number of rotatable bonds is 7. The second-order valence-electron chi connectivity index (χ2n) is 7.15. The van der Waals surface area contributed by atoms with E-state index in [1.807, 2.05) is 6.07 Å². The summed E-state index contributed by atoms with van der Waals surface area (Å²) in [6.07, 6.45) is 1.12. The van der Waals surface area contributed by atoms with Gasteiger partial charge in [0.1, 0.15) is 17.0 Å². The first-order valence-corrected chi connectivity index (χ1v) is 13.8. The first-order valence-electron chi connectivity index (χ1n) is 9.61. The summed E-state index contributed by atoms with van der Waals surface area (Å²) < 4.78 is 23.3. The molecule has 0 spiro atoms. The number of nitrogens with zero attached hydrogens (tertiary/aromatic N) is 2. The van der Waals surface area contributed by atoms with Crippen molar-refractivity contribution < 1.29 is 33.5 Å². The van der Waals surface area contributed by atoms with Gasteiger partial charge in [-0.2, -0.15) is 0 Å². The number of fused-ring (bicyclic) bond motifs is 1. The number of amides is 1. The zero-order chi connectivity index (χ0) is 24.5. The molecule has 0 saturated carbocycles. The molecule has 34 heavy (non-hydrogen) atoms. The van der Waals surface area contributed by atoms with Crippen molar-refractivity contribution in [2.75, 3.05) is 10.6 Å². The average Bonchev–Trinajstić information content (AvgIpc) is 3.22. The Bertz CT molecular complexity index is 1430. The molecule has 4 aromatic rings. The van der Waals surface area contributed by atoms with Gasteiger partial charge in [0.05, 0.1) is 5.39 Å². The van der Waals surface area contributed by atoms with Crippen LogP contribution in [0.25, 0.3) is 20.7 Å². The van der Waals surface area contributed by atoms with Gasteiger partial charge in [-0.1, -0.05) is 30.3 Å². The van der Waals surface area contributed by atoms with Crippen molar-refractivity contribution in [3.05, 3.63) is 72.6 Å². The topological polar surface area (TPSA) is 182 Å². The summed E-state index contributed by atoms with van der Waals surface area (Å²) in [5, 5.41) is 5.35. The van der Waals surface area contributed by atoms with Crippen LogP contribution in [0.4, 0.5) is 11.5 Å². The predicted octanol–water partition coefficient (Wildman–Crippen LogP) is 3.66. The van der Waals surface area contributed by atoms with Crippen LogP contribution in [0.15, 0.2) is 67.0 Å². The van der Waals surface area contributed by atoms with E-state index in [0.29, 0.717) is 26.3 Å². The molecule has 0 atom stereocenters. The molecule has 2 heterocycles. The lowest BCUT2D eigenvalue weighted by Crippen LogP contribution is -2.20. The highest BCUT2D eigenvalue weighted by molar-refractivity contribution is 7.71. The molecule has 11 nitrogen and oxygen atoms in total. The standard InChI is InChI=1S/C20H18N4O7P2S/c25-18(12-5-2-1-3-6-12)23-14-8-4-7-13(9-14)16-10-15-17(21-11-22-19(15)34-16)24-20(32(26,27)28)33(29,30)31/h1-11,20H,(H,23,25)(H,21,22,24)(H2,26,27,28)(H2,29,30,31). The lowest BCUT2D eigenvalue weighted by Gasteiger charge is -2.21. The highest BCUT2D eigenvalue weighted by Crippen LogP contribution is 2.59. The summed E-state index contributed by atoms with van der Waals surface area (Å²) in [5.41, 5.74) is -0.666. The highest BCUT2D eigenvalue weighted by Gasteiger charge is 2.44. The third-order valence-electron chi connectivity index (χ3n) is 4.67. The van der Waals surface area contributed by atoms with Gasteiger partial charge in [-0.3, -0.25) is 13.9 Å². The van der Waals surface area contributed by atoms with Crippen LogP contribution in [-0.4, -0.2) is 41.0 Å². The Morgan fingerprint density at radius 1 is 0.912 bits per heavy atom. The fourth-order valence-electron chi connectivity index (χ4n) is 3.14. The zero-order valence-electron chi connectivity index (χ0n) is 17.1. The van der Waals surface area contributed by atoms with E-state index < -0.39 is 20.7 Å². The molecule has 0 aliphatic rings. The van der Waals surface area contributed by atoms with Gasteiger partial charge in [-0.25, -0.2) is 9.97 Å². The largest absolute Gasteiger partial charge is 0.360 e. The zero-order valence-corrected chi connectivity index (χ0v) is 19.7. The quantitative estimate of drug-likeness (QED) is 0.197. The molecule has 14 heteroatoms. The molecular formula is C20H18N4O7P2S. The molecule has 0 bridgehead atoms. The third kappa shape index (κ3) is 5.40. The van der Waals surface area contributed by atoms with Gasteiger partial charge in [0, 0.05) is 16.1 Å². The first-order chi connectivity index (χ1) is 16.0. The van der Waals surface area contributed by atoms with Crippen molar-refractivity contribution in [1.82, 2.24) is 9.97 Å². The molecule has 0 unspecified atom stereocenters. The van der Waals surface area contributed by atoms with Crippen LogP contribution in [0.2, 0.25) is 0 Å². The number of hydrogen-bond acceptors (Lipinski definition) is 7. The summed E-state index contributed by atoms with van der Waals surface area (Å²) in [6, 6.07) is 17.4. The molecule has 4 rings (SSSR count). The fourth-order valence-corrected chi connectivity index (χ4v) is 6.29. The van der Waals surface area contributed by atoms with Crippen molar-refractivity contribution in [3.63, 3.8) is 0 Å². The molecule has 0 aliphatic heterocycles. The van der Waals surface area contributed by atoms with Gasteiger partial charge < -0.3 is 30.2 Å². The molecule has 1 amide bonds. The van der Waals surface area contributed by atoms with Crippen molar-refractivity contribution in [2.24, 2.45) is 0 Å². The minimum Gasteiger partial charge on any atom is -0.346 e. The third-order valence-corrected chi connectivity index (χ3v) is 9.10. The average molecular weight is 520 g/mol. The van der Waals surface area contributed by atoms with Crippen LogP contribution in [0.3, 0.4) is 0 Å². The summed E-state index contributed by atoms with van der Waals surface area (Å²) in [6.45, 7) is 0. The van der Waals surface area contributed by atoms with E-state index >= 15 is 0 Å². The maximum atomic E-state index is 12.4. The smallest absolute Gasteiger partial charge is 0.346 e. The molecular weight excluding hydrogens is 502 g/mol. The van der Waals surface area contributed by atoms with Crippen molar-refractivity contribution in [1.29, 1.82) is 0 Å². The van der Waals surface area contributed by atoms with Crippen LogP contribution in [0.5, 0.6) is 0 Å². The monoisotopic (exact) mass is 520 g/mol. The molecule has 0 radical (unpaired) electrons. The highest BCUT2D eigenvalue weighted by atomic mass is 32.1. The van der Waals surface area contributed by atoms with Gasteiger partial charge in [0.15, 0.2) is 0 Å². The summed E-state index contributed by atoms with van der Waals surface area (Å²) in [5.74, 6) is -0.398. The Morgan fingerprint density at radius 2 is 1.62 bits per heavy atom. The summed E-state index contributed by atoms with van der Waals surface area (Å²) in [7, 11) is -10.4. The number of anilines is 2. The summed E-state index contributed by atoms with van der Waals surface area (Å²) in [4.78, 5) is 59.2. The van der Waals surface area contributed by atoms with E-state index in [1.54, 1.807) is 54.6 Å². The Kier molecular flexibility index (Phi) is 6.66. The first kappa shape index (κ1) is 24.2. The van der Waals surface area contributed by atoms with Crippen LogP contribution in [0.1, 0.15) is 10.4 Å². The van der Waals surface area contributed by atoms with Crippen LogP contribution in [0, 0.1) is 0 Å². The number of benzene rings is 2. The Labute approximate surface area is 196 Å². The fraction of sp³-hybridized carbons (Fsp3) is 0.0500. The second-order valence-corrected chi connectivity index (χ2v) is 12.0. The minimum atomic E-state index is -5.21. The molecule has 176 valence electrons. The van der Waals surface area contributed by atoms with Crippen molar-refractivity contribution in [2.45, 2.75) is 5.52 Å². The number of carbonyl (C=O) groups excluding carboxylic acids is 1. The Hall–Kier alpha value is -2.95. The predicted molar refractivity (Wildman–Crippen MR) is 129 cm³/mol. The SMILES string of the molecule is O=C(Nc1cccc(-c2cc3c(NC(P(=O)(O)O)P(=O)(O)O)ncnc3s2)c1)c1ccccc1. The van der Waals surface area contributed by atoms with Gasteiger partial charge >= 0.3 is 15.2 Å². The van der Waals surface area contributed by atoms with Crippen molar-refractivity contribution >= 4 is 54.2 Å². The van der Waals surface area contributed by atoms with Crippen molar-refractivity contribution in [3.8, 4) is 10.4 Å². The van der Waals surface area contributed by atoms with Gasteiger partial charge in [-0.05, 0) is 35.9 Å². The molecule has 0 fully saturated rings. The minimum absolute atomic E-state index is 0.127. The normalized spacial score (nSPS) is 12.1. The van der Waals surface area contributed by atoms with Crippen LogP contribution < -0.4 is 10.6 Å². The van der Waals surface area contributed by atoms with Crippen LogP contribution in [-0.2, 0) is 9.13 Å². The van der Waals surface area contributed by atoms with E-state index in [2.05, 4.69) is 20.6 Å². The lowest BCUT2D eigenvalue weighted by molar-refractivity contribution is 0.102. The number of carbonyl (C=O) groups is 1. The molecule has 2 aromatic heterocycles. The van der Waals surface area contributed by atoms with Gasteiger partial charge in [0.25, 0.3) is 5.91 Å². The number of thiophene rings is 1. The van der Waals surface area contributed by atoms with E-state index in [-0.39, 0.29) is 11.7 Å². The van der Waals surface area contributed by atoms with Gasteiger partial charge in [0.2, 0.25) is 5.52 Å². The van der Waals surface area contributed by atoms with E-state index in [1.165, 1.54) is 11.3 Å². The molecule has 0 saturated heterocycles. The van der Waals surface area contributed by atoms with E-state index in [0.717, 1.165) is 11.9 Å². The maximum Gasteiger partial charge on any atom is 0.360 e. The number of hydrogen-bond donors (Lipinski definition) is 6. The Morgan fingerprint density at radius 3 is 2.29 bits per heavy atom. The molecule has 0 aliphatic carbocycles. The Balaban J connectivity index is 1.65. The van der Waals surface area contributed by atoms with Crippen LogP contribution >= 0.6 is 26.5 Å². The van der Waals surface area contributed by atoms with Gasteiger partial charge in [-0.15, -0.1) is 11.3 Å². The maximum absolute atomic E-state index is 12.4.